The van der Waals surface area contributed by atoms with E-state index < -0.39 is 18.2 Å². The van der Waals surface area contributed by atoms with Crippen molar-refractivity contribution in [2.24, 2.45) is 0 Å². The maximum absolute atomic E-state index is 13.2. The summed E-state index contributed by atoms with van der Waals surface area (Å²) in [5, 5.41) is 23.8. The van der Waals surface area contributed by atoms with Gasteiger partial charge in [0, 0.05) is 6.42 Å². The van der Waals surface area contributed by atoms with Gasteiger partial charge in [0.2, 0.25) is 5.91 Å². The van der Waals surface area contributed by atoms with Crippen LogP contribution in [0.3, 0.4) is 0 Å². The first-order chi connectivity index (χ1) is 31.5. The number of hydrogen-bond acceptors (Lipinski definition) is 5. The standard InChI is InChI=1S/C58H103NO5/c1-4-7-10-13-16-19-22-25-27-28-30-33-36-39-42-45-48-51-58(63)64-54(49-46-43-40-37-34-31-24-21-18-15-12-9-6-3)52-57(62)59-55(53-60)56(61)50-47-44-41-38-35-32-29-26-23-20-17-14-11-8-5-2/h7,10,16,19,21,24-25,27,30,33,39,42,54-56,60-61H,4-6,8-9,11-15,17-18,20,22-23,26,28-29,31-32,34-38,40-41,43-53H2,1-3H3,(H,59,62)/b10-7-,19-16-,24-21-,27-25-,33-30-,42-39-. The summed E-state index contributed by atoms with van der Waals surface area (Å²) in [5.41, 5.74) is 0. The predicted octanol–water partition coefficient (Wildman–Crippen LogP) is 16.6. The number of amides is 1. The lowest BCUT2D eigenvalue weighted by Crippen LogP contribution is -2.46. The largest absolute Gasteiger partial charge is 0.462 e. The van der Waals surface area contributed by atoms with E-state index >= 15 is 0 Å². The van der Waals surface area contributed by atoms with E-state index in [0.29, 0.717) is 25.7 Å². The summed E-state index contributed by atoms with van der Waals surface area (Å²) >= 11 is 0. The van der Waals surface area contributed by atoms with Gasteiger partial charge >= 0.3 is 5.97 Å². The second-order valence-corrected chi connectivity index (χ2v) is 18.2. The molecule has 0 aromatic heterocycles. The maximum Gasteiger partial charge on any atom is 0.306 e. The van der Waals surface area contributed by atoms with Crippen molar-refractivity contribution in [3.8, 4) is 0 Å². The van der Waals surface area contributed by atoms with Crippen molar-refractivity contribution in [3.05, 3.63) is 72.9 Å². The van der Waals surface area contributed by atoms with Crippen molar-refractivity contribution >= 4 is 11.9 Å². The van der Waals surface area contributed by atoms with E-state index in [0.717, 1.165) is 83.5 Å². The van der Waals surface area contributed by atoms with E-state index in [1.165, 1.54) is 122 Å². The Kier molecular flexibility index (Phi) is 49.1. The fraction of sp³-hybridized carbons (Fsp3) is 0.759. The predicted molar refractivity (Wildman–Crippen MR) is 278 cm³/mol. The molecule has 0 saturated heterocycles. The van der Waals surface area contributed by atoms with Crippen LogP contribution in [0, 0.1) is 0 Å². The van der Waals surface area contributed by atoms with E-state index in [4.69, 9.17) is 4.74 Å². The van der Waals surface area contributed by atoms with Gasteiger partial charge in [-0.2, -0.15) is 0 Å². The number of carbonyl (C=O) groups is 2. The molecule has 6 heteroatoms. The minimum absolute atomic E-state index is 0.0474. The number of carbonyl (C=O) groups excluding carboxylic acids is 2. The number of aliphatic hydroxyl groups is 2. The second kappa shape index (κ2) is 51.3. The molecule has 0 heterocycles. The van der Waals surface area contributed by atoms with Crippen molar-refractivity contribution < 1.29 is 24.5 Å². The van der Waals surface area contributed by atoms with Crippen LogP contribution < -0.4 is 5.32 Å². The number of aliphatic hydroxyl groups excluding tert-OH is 2. The highest BCUT2D eigenvalue weighted by Gasteiger charge is 2.24. The Hall–Kier alpha value is -2.70. The van der Waals surface area contributed by atoms with Crippen LogP contribution in [0.5, 0.6) is 0 Å². The number of rotatable bonds is 48. The van der Waals surface area contributed by atoms with Crippen LogP contribution in [-0.4, -0.2) is 46.9 Å². The minimum atomic E-state index is -0.802. The molecule has 0 saturated carbocycles. The fourth-order valence-corrected chi connectivity index (χ4v) is 7.93. The number of hydrogen-bond donors (Lipinski definition) is 3. The number of esters is 1. The molecule has 0 fully saturated rings. The van der Waals surface area contributed by atoms with Gasteiger partial charge in [-0.3, -0.25) is 9.59 Å². The van der Waals surface area contributed by atoms with Crippen molar-refractivity contribution in [3.63, 3.8) is 0 Å². The molecule has 0 aliphatic carbocycles. The molecule has 0 spiro atoms. The van der Waals surface area contributed by atoms with E-state index in [9.17, 15) is 19.8 Å². The van der Waals surface area contributed by atoms with Crippen LogP contribution in [0.15, 0.2) is 72.9 Å². The Morgan fingerprint density at radius 2 is 0.844 bits per heavy atom. The van der Waals surface area contributed by atoms with Crippen LogP contribution in [-0.2, 0) is 14.3 Å². The Morgan fingerprint density at radius 1 is 0.469 bits per heavy atom. The van der Waals surface area contributed by atoms with Crippen molar-refractivity contribution in [1.29, 1.82) is 0 Å². The average Bonchev–Trinajstić information content (AvgIpc) is 3.29. The smallest absolute Gasteiger partial charge is 0.306 e. The first-order valence-electron chi connectivity index (χ1n) is 27.2. The molecule has 0 aliphatic heterocycles. The number of unbranched alkanes of at least 4 members (excludes halogenated alkanes) is 24. The van der Waals surface area contributed by atoms with Gasteiger partial charge in [0.15, 0.2) is 0 Å². The van der Waals surface area contributed by atoms with E-state index in [1.807, 2.05) is 0 Å². The lowest BCUT2D eigenvalue weighted by molar-refractivity contribution is -0.151. The van der Waals surface area contributed by atoms with Gasteiger partial charge in [-0.15, -0.1) is 0 Å². The molecule has 0 radical (unpaired) electrons. The Bertz CT molecular complexity index is 1190. The molecular formula is C58H103NO5. The molecular weight excluding hydrogens is 791 g/mol. The average molecular weight is 894 g/mol. The van der Waals surface area contributed by atoms with Gasteiger partial charge in [0.25, 0.3) is 0 Å². The summed E-state index contributed by atoms with van der Waals surface area (Å²) in [6, 6.07) is -0.718. The van der Waals surface area contributed by atoms with Crippen molar-refractivity contribution in [2.75, 3.05) is 6.61 Å². The quantitative estimate of drug-likeness (QED) is 0.0321. The molecule has 1 amide bonds. The van der Waals surface area contributed by atoms with E-state index in [-0.39, 0.29) is 24.9 Å². The first-order valence-corrected chi connectivity index (χ1v) is 27.2. The summed E-state index contributed by atoms with van der Waals surface area (Å²) in [7, 11) is 0. The molecule has 3 unspecified atom stereocenters. The first kappa shape index (κ1) is 61.3. The minimum Gasteiger partial charge on any atom is -0.462 e. The van der Waals surface area contributed by atoms with Crippen LogP contribution in [0.4, 0.5) is 0 Å². The zero-order valence-electron chi connectivity index (χ0n) is 42.1. The van der Waals surface area contributed by atoms with Gasteiger partial charge < -0.3 is 20.3 Å². The molecule has 0 aliphatic rings. The molecule has 3 atom stereocenters. The van der Waals surface area contributed by atoms with Crippen LogP contribution in [0.1, 0.15) is 258 Å². The highest BCUT2D eigenvalue weighted by Crippen LogP contribution is 2.17. The third-order valence-electron chi connectivity index (χ3n) is 12.0. The van der Waals surface area contributed by atoms with Gasteiger partial charge in [-0.25, -0.2) is 0 Å². The molecule has 3 N–H and O–H groups in total. The second-order valence-electron chi connectivity index (χ2n) is 18.2. The van der Waals surface area contributed by atoms with E-state index in [1.54, 1.807) is 0 Å². The van der Waals surface area contributed by atoms with Gasteiger partial charge in [-0.05, 0) is 89.9 Å². The molecule has 6 nitrogen and oxygen atoms in total. The maximum atomic E-state index is 13.2. The molecule has 64 heavy (non-hydrogen) atoms. The number of ether oxygens (including phenoxy) is 1. The lowest BCUT2D eigenvalue weighted by Gasteiger charge is -2.24. The Labute approximate surface area is 396 Å². The topological polar surface area (TPSA) is 95.9 Å². The van der Waals surface area contributed by atoms with Crippen molar-refractivity contribution in [1.82, 2.24) is 5.32 Å². The van der Waals surface area contributed by atoms with E-state index in [2.05, 4.69) is 99.0 Å². The zero-order chi connectivity index (χ0) is 46.7. The summed E-state index contributed by atoms with van der Waals surface area (Å²) in [5.74, 6) is -0.550. The monoisotopic (exact) mass is 894 g/mol. The number of allylic oxidation sites excluding steroid dienone is 12. The third kappa shape index (κ3) is 45.9. The lowest BCUT2D eigenvalue weighted by atomic mass is 10.0. The van der Waals surface area contributed by atoms with Crippen LogP contribution in [0.2, 0.25) is 0 Å². The van der Waals surface area contributed by atoms with Crippen LogP contribution >= 0.6 is 0 Å². The zero-order valence-corrected chi connectivity index (χ0v) is 42.1. The normalized spacial score (nSPS) is 13.8. The molecule has 0 bridgehead atoms. The molecule has 0 rings (SSSR count). The summed E-state index contributed by atoms with van der Waals surface area (Å²) in [6.07, 6.45) is 65.3. The third-order valence-corrected chi connectivity index (χ3v) is 12.0. The summed E-state index contributed by atoms with van der Waals surface area (Å²) in [6.45, 7) is 6.35. The molecule has 0 aromatic carbocycles. The van der Waals surface area contributed by atoms with Gasteiger partial charge in [0.05, 0.1) is 25.2 Å². The highest BCUT2D eigenvalue weighted by molar-refractivity contribution is 5.77. The van der Waals surface area contributed by atoms with Crippen molar-refractivity contribution in [2.45, 2.75) is 277 Å². The Morgan fingerprint density at radius 3 is 1.31 bits per heavy atom. The Balaban J connectivity index is 4.64. The van der Waals surface area contributed by atoms with Crippen LogP contribution in [0.25, 0.3) is 0 Å². The highest BCUT2D eigenvalue weighted by atomic mass is 16.5. The molecule has 370 valence electrons. The van der Waals surface area contributed by atoms with Gasteiger partial charge in [0.1, 0.15) is 6.10 Å². The molecule has 0 aromatic rings. The number of nitrogens with one attached hydrogen (secondary N) is 1. The van der Waals surface area contributed by atoms with Gasteiger partial charge in [-0.1, -0.05) is 229 Å². The summed E-state index contributed by atoms with van der Waals surface area (Å²) in [4.78, 5) is 26.2. The summed E-state index contributed by atoms with van der Waals surface area (Å²) < 4.78 is 5.91. The SMILES string of the molecule is CC/C=C\C/C=C\C/C=C\C/C=C\C/C=C\CCCC(=O)OC(CCCCCCC/C=C\CCCCCC)CC(=O)NC(CO)C(O)CCCCCCCCCCCCCCCCC. The fourth-order valence-electron chi connectivity index (χ4n) is 7.93.